The standard InChI is InChI=1S/C6H11N.C6H7N/c1-7-5-3-2-4-6-7;1-6-4-2-3-5-7-6/h2-3H,4-6H2,1H3;2-5H,1H3. The third kappa shape index (κ3) is 4.77. The van der Waals surface area contributed by atoms with Gasteiger partial charge in [-0.3, -0.25) is 4.98 Å². The van der Waals surface area contributed by atoms with E-state index in [1.165, 1.54) is 13.0 Å². The second kappa shape index (κ2) is 6.33. The van der Waals surface area contributed by atoms with E-state index < -0.39 is 0 Å². The van der Waals surface area contributed by atoms with Gasteiger partial charge >= 0.3 is 0 Å². The van der Waals surface area contributed by atoms with Gasteiger partial charge in [0.15, 0.2) is 0 Å². The third-order valence-electron chi connectivity index (χ3n) is 2.07. The molecule has 76 valence electrons. The van der Waals surface area contributed by atoms with E-state index >= 15 is 0 Å². The van der Waals surface area contributed by atoms with E-state index in [-0.39, 0.29) is 0 Å². The van der Waals surface area contributed by atoms with Crippen LogP contribution in [0.25, 0.3) is 0 Å². The molecule has 0 atom stereocenters. The van der Waals surface area contributed by atoms with Crippen molar-refractivity contribution < 1.29 is 0 Å². The quantitative estimate of drug-likeness (QED) is 0.583. The number of nitrogens with zero attached hydrogens (tertiary/aromatic N) is 2. The van der Waals surface area contributed by atoms with Gasteiger partial charge in [-0.1, -0.05) is 18.2 Å². The average molecular weight is 190 g/mol. The van der Waals surface area contributed by atoms with Crippen molar-refractivity contribution in [3.8, 4) is 0 Å². The summed E-state index contributed by atoms with van der Waals surface area (Å²) in [5.41, 5.74) is 1.07. The molecule has 0 spiro atoms. The lowest BCUT2D eigenvalue weighted by molar-refractivity contribution is 0.366. The van der Waals surface area contributed by atoms with Crippen LogP contribution in [0.2, 0.25) is 0 Å². The first-order valence-electron chi connectivity index (χ1n) is 5.00. The maximum Gasteiger partial charge on any atom is 0.0372 e. The van der Waals surface area contributed by atoms with Crippen LogP contribution in [0.3, 0.4) is 0 Å². The topological polar surface area (TPSA) is 16.1 Å². The molecule has 2 heterocycles. The molecule has 14 heavy (non-hydrogen) atoms. The lowest BCUT2D eigenvalue weighted by atomic mass is 10.3. The first kappa shape index (κ1) is 10.9. The van der Waals surface area contributed by atoms with Crippen molar-refractivity contribution in [3.63, 3.8) is 0 Å². The summed E-state index contributed by atoms with van der Waals surface area (Å²) in [7, 11) is 2.14. The molecular formula is C12H18N2. The van der Waals surface area contributed by atoms with Crippen LogP contribution in [-0.2, 0) is 0 Å². The molecule has 1 aromatic rings. The fourth-order valence-electron chi connectivity index (χ4n) is 1.21. The molecule has 0 unspecified atom stereocenters. The summed E-state index contributed by atoms with van der Waals surface area (Å²) in [4.78, 5) is 6.28. The minimum Gasteiger partial charge on any atom is -0.302 e. The summed E-state index contributed by atoms with van der Waals surface area (Å²) in [5, 5.41) is 0. The zero-order valence-electron chi connectivity index (χ0n) is 8.98. The smallest absolute Gasteiger partial charge is 0.0372 e. The SMILES string of the molecule is CN1CC=CCC1.Cc1ccccn1. The van der Waals surface area contributed by atoms with Gasteiger partial charge in [0.05, 0.1) is 0 Å². The van der Waals surface area contributed by atoms with Crippen molar-refractivity contribution in [1.82, 2.24) is 9.88 Å². The Morgan fingerprint density at radius 1 is 1.29 bits per heavy atom. The van der Waals surface area contributed by atoms with E-state index in [1.54, 1.807) is 6.20 Å². The fourth-order valence-corrected chi connectivity index (χ4v) is 1.21. The second-order valence-electron chi connectivity index (χ2n) is 3.49. The Kier molecular flexibility index (Phi) is 4.94. The van der Waals surface area contributed by atoms with E-state index in [4.69, 9.17) is 0 Å². The Morgan fingerprint density at radius 2 is 2.14 bits per heavy atom. The Labute approximate surface area is 86.3 Å². The Balaban J connectivity index is 0.000000140. The number of rotatable bonds is 0. The van der Waals surface area contributed by atoms with E-state index in [0.29, 0.717) is 0 Å². The molecule has 1 aliphatic rings. The summed E-state index contributed by atoms with van der Waals surface area (Å²) >= 11 is 0. The van der Waals surface area contributed by atoms with Crippen LogP contribution < -0.4 is 0 Å². The highest BCUT2D eigenvalue weighted by Gasteiger charge is 1.95. The van der Waals surface area contributed by atoms with Gasteiger partial charge in [-0.05, 0) is 32.5 Å². The maximum atomic E-state index is 3.98. The van der Waals surface area contributed by atoms with E-state index in [0.717, 1.165) is 12.2 Å². The molecule has 2 rings (SSSR count). The monoisotopic (exact) mass is 190 g/mol. The second-order valence-corrected chi connectivity index (χ2v) is 3.49. The number of hydrogen-bond acceptors (Lipinski definition) is 2. The number of hydrogen-bond donors (Lipinski definition) is 0. The van der Waals surface area contributed by atoms with Gasteiger partial charge in [-0.15, -0.1) is 0 Å². The van der Waals surface area contributed by atoms with Gasteiger partial charge in [0, 0.05) is 25.0 Å². The number of pyridine rings is 1. The Morgan fingerprint density at radius 3 is 2.43 bits per heavy atom. The molecule has 0 fully saturated rings. The minimum atomic E-state index is 1.07. The van der Waals surface area contributed by atoms with Crippen LogP contribution in [-0.4, -0.2) is 30.0 Å². The third-order valence-corrected chi connectivity index (χ3v) is 2.07. The van der Waals surface area contributed by atoms with Crippen molar-refractivity contribution in [2.75, 3.05) is 20.1 Å². The molecule has 0 aliphatic carbocycles. The van der Waals surface area contributed by atoms with Gasteiger partial charge < -0.3 is 4.90 Å². The molecule has 0 saturated heterocycles. The summed E-state index contributed by atoms with van der Waals surface area (Å²) in [6.07, 6.45) is 7.47. The summed E-state index contributed by atoms with van der Waals surface area (Å²) in [6.45, 7) is 4.34. The molecule has 0 saturated carbocycles. The zero-order chi connectivity index (χ0) is 10.2. The van der Waals surface area contributed by atoms with E-state index in [2.05, 4.69) is 29.1 Å². The predicted molar refractivity (Wildman–Crippen MR) is 60.2 cm³/mol. The van der Waals surface area contributed by atoms with Crippen molar-refractivity contribution in [2.24, 2.45) is 0 Å². The number of aryl methyl sites for hydroxylation is 1. The van der Waals surface area contributed by atoms with Crippen molar-refractivity contribution in [2.45, 2.75) is 13.3 Å². The highest BCUT2D eigenvalue weighted by Crippen LogP contribution is 1.95. The first-order chi connectivity index (χ1) is 6.79. The molecular weight excluding hydrogens is 172 g/mol. The molecule has 0 bridgehead atoms. The summed E-state index contributed by atoms with van der Waals surface area (Å²) in [5.74, 6) is 0. The van der Waals surface area contributed by atoms with Crippen molar-refractivity contribution >= 4 is 0 Å². The zero-order valence-corrected chi connectivity index (χ0v) is 8.98. The molecule has 1 aromatic heterocycles. The molecule has 1 aliphatic heterocycles. The van der Waals surface area contributed by atoms with Gasteiger partial charge in [0.1, 0.15) is 0 Å². The van der Waals surface area contributed by atoms with E-state index in [1.807, 2.05) is 25.1 Å². The van der Waals surface area contributed by atoms with Crippen LogP contribution in [0.4, 0.5) is 0 Å². The summed E-state index contributed by atoms with van der Waals surface area (Å²) < 4.78 is 0. The first-order valence-corrected chi connectivity index (χ1v) is 5.00. The van der Waals surface area contributed by atoms with Crippen molar-refractivity contribution in [1.29, 1.82) is 0 Å². The molecule has 0 N–H and O–H groups in total. The number of likely N-dealkylation sites (N-methyl/N-ethyl adjacent to an activating group) is 1. The molecule has 0 radical (unpaired) electrons. The average Bonchev–Trinajstić information content (AvgIpc) is 2.21. The van der Waals surface area contributed by atoms with Crippen LogP contribution in [0.5, 0.6) is 0 Å². The normalized spacial score (nSPS) is 15.9. The van der Waals surface area contributed by atoms with Crippen LogP contribution in [0.1, 0.15) is 12.1 Å². The van der Waals surface area contributed by atoms with E-state index in [9.17, 15) is 0 Å². The number of aromatic nitrogens is 1. The van der Waals surface area contributed by atoms with Gasteiger partial charge in [-0.2, -0.15) is 0 Å². The van der Waals surface area contributed by atoms with Gasteiger partial charge in [0.25, 0.3) is 0 Å². The highest BCUT2D eigenvalue weighted by atomic mass is 15.1. The van der Waals surface area contributed by atoms with Crippen LogP contribution >= 0.6 is 0 Å². The Bertz CT molecular complexity index is 267. The minimum absolute atomic E-state index is 1.07. The molecule has 0 aromatic carbocycles. The van der Waals surface area contributed by atoms with Crippen LogP contribution in [0.15, 0.2) is 36.5 Å². The largest absolute Gasteiger partial charge is 0.302 e. The fraction of sp³-hybridized carbons (Fsp3) is 0.417. The molecule has 2 nitrogen and oxygen atoms in total. The molecule has 2 heteroatoms. The van der Waals surface area contributed by atoms with Crippen molar-refractivity contribution in [3.05, 3.63) is 42.2 Å². The van der Waals surface area contributed by atoms with Gasteiger partial charge in [-0.25, -0.2) is 0 Å². The maximum absolute atomic E-state index is 3.98. The highest BCUT2D eigenvalue weighted by molar-refractivity contribution is 4.99. The Hall–Kier alpha value is -1.15. The predicted octanol–water partition coefficient (Wildman–Crippen LogP) is 2.27. The summed E-state index contributed by atoms with van der Waals surface area (Å²) in [6, 6.07) is 5.86. The molecule has 0 amide bonds. The lowest BCUT2D eigenvalue weighted by Crippen LogP contribution is -2.21. The lowest BCUT2D eigenvalue weighted by Gasteiger charge is -2.15. The van der Waals surface area contributed by atoms with Crippen LogP contribution in [0, 0.1) is 6.92 Å². The van der Waals surface area contributed by atoms with Gasteiger partial charge in [0.2, 0.25) is 0 Å².